The van der Waals surface area contributed by atoms with Crippen molar-refractivity contribution in [2.75, 3.05) is 0 Å². The molecular formula is C31H44O4. The third kappa shape index (κ3) is 7.37. The molecule has 4 heteroatoms. The fourth-order valence-corrected chi connectivity index (χ4v) is 5.77. The highest BCUT2D eigenvalue weighted by Gasteiger charge is 2.44. The van der Waals surface area contributed by atoms with Gasteiger partial charge in [0.15, 0.2) is 0 Å². The number of hydrogen-bond donors (Lipinski definition) is 1. The first-order chi connectivity index (χ1) is 16.6. The molecule has 5 atom stereocenters. The molecule has 0 amide bonds. The van der Waals surface area contributed by atoms with Crippen LogP contribution < -0.4 is 4.74 Å². The number of aliphatic hydroxyl groups excluding tert-OH is 1. The summed E-state index contributed by atoms with van der Waals surface area (Å²) in [6.07, 6.45) is 9.52. The second kappa shape index (κ2) is 12.1. The molecule has 0 bridgehead atoms. The number of carbonyl (C=O) groups excluding carboxylic acids is 1. The Bertz CT molecular complexity index is 948. The molecule has 1 aliphatic carbocycles. The van der Waals surface area contributed by atoms with E-state index < -0.39 is 11.7 Å². The third-order valence-electron chi connectivity index (χ3n) is 7.26. The maximum Gasteiger partial charge on any atom is 0.306 e. The van der Waals surface area contributed by atoms with Crippen LogP contribution in [0, 0.1) is 29.6 Å². The van der Waals surface area contributed by atoms with Crippen LogP contribution in [-0.2, 0) is 16.0 Å². The van der Waals surface area contributed by atoms with E-state index in [9.17, 15) is 9.90 Å². The molecule has 1 aromatic carbocycles. The largest absolute Gasteiger partial charge is 0.489 e. The highest BCUT2D eigenvalue weighted by atomic mass is 16.6. The van der Waals surface area contributed by atoms with Crippen molar-refractivity contribution in [1.82, 2.24) is 0 Å². The number of esters is 1. The molecule has 2 aliphatic rings. The van der Waals surface area contributed by atoms with Crippen LogP contribution in [0.5, 0.6) is 5.75 Å². The van der Waals surface area contributed by atoms with Gasteiger partial charge in [-0.3, -0.25) is 4.79 Å². The summed E-state index contributed by atoms with van der Waals surface area (Å²) in [5, 5.41) is 10.5. The molecule has 1 aliphatic heterocycles. The molecule has 35 heavy (non-hydrogen) atoms. The molecule has 4 nitrogen and oxygen atoms in total. The summed E-state index contributed by atoms with van der Waals surface area (Å²) in [6, 6.07) is 6.43. The van der Waals surface area contributed by atoms with Crippen molar-refractivity contribution in [2.24, 2.45) is 17.8 Å². The number of aliphatic hydroxyl groups is 1. The van der Waals surface area contributed by atoms with Gasteiger partial charge in [-0.2, -0.15) is 0 Å². The van der Waals surface area contributed by atoms with E-state index in [0.29, 0.717) is 30.6 Å². The van der Waals surface area contributed by atoms with Crippen LogP contribution in [0.4, 0.5) is 0 Å². The highest BCUT2D eigenvalue weighted by molar-refractivity contribution is 5.69. The molecule has 5 unspecified atom stereocenters. The van der Waals surface area contributed by atoms with Gasteiger partial charge in [0.2, 0.25) is 0 Å². The average molecular weight is 481 g/mol. The van der Waals surface area contributed by atoms with Crippen molar-refractivity contribution in [3.63, 3.8) is 0 Å². The average Bonchev–Trinajstić information content (AvgIpc) is 3.34. The van der Waals surface area contributed by atoms with Crippen LogP contribution in [0.15, 0.2) is 30.4 Å². The smallest absolute Gasteiger partial charge is 0.306 e. The van der Waals surface area contributed by atoms with Gasteiger partial charge in [-0.1, -0.05) is 51.1 Å². The van der Waals surface area contributed by atoms with Crippen molar-refractivity contribution < 1.29 is 19.4 Å². The number of allylic oxidation sites excluding steroid dienone is 1. The number of para-hydroxylation sites is 1. The summed E-state index contributed by atoms with van der Waals surface area (Å²) >= 11 is 0. The molecular weight excluding hydrogens is 436 g/mol. The minimum Gasteiger partial charge on any atom is -0.489 e. The van der Waals surface area contributed by atoms with Crippen molar-refractivity contribution in [3.8, 4) is 17.6 Å². The second-order valence-electron chi connectivity index (χ2n) is 11.4. The van der Waals surface area contributed by atoms with E-state index in [0.717, 1.165) is 37.9 Å². The predicted octanol–water partition coefficient (Wildman–Crippen LogP) is 6.60. The van der Waals surface area contributed by atoms with E-state index in [2.05, 4.69) is 50.0 Å². The standard InChI is InChI=1S/C31H44O4/c1-7-8-11-22(4)26(32)18-16-23-17-19-27-29(23)25-14-9-12-24(30(25)34-27)13-10-15-28(33)35-31(5,6)20-21(2)3/h9,12,14,16,18,21-23,26-27,29,32H,10-11,13,15,17,19-20H2,1-6H3/b18-16+. The molecule has 1 aromatic rings. The van der Waals surface area contributed by atoms with Crippen LogP contribution in [0.3, 0.4) is 0 Å². The van der Waals surface area contributed by atoms with E-state index in [-0.39, 0.29) is 18.0 Å². The molecule has 0 saturated heterocycles. The lowest BCUT2D eigenvalue weighted by Gasteiger charge is -2.27. The zero-order valence-corrected chi connectivity index (χ0v) is 22.5. The zero-order chi connectivity index (χ0) is 25.6. The Hall–Kier alpha value is -2.25. The number of ether oxygens (including phenoxy) is 2. The Morgan fingerprint density at radius 2 is 2.06 bits per heavy atom. The van der Waals surface area contributed by atoms with Crippen molar-refractivity contribution in [2.45, 2.75) is 110 Å². The summed E-state index contributed by atoms with van der Waals surface area (Å²) in [6.45, 7) is 12.1. The number of hydrogen-bond acceptors (Lipinski definition) is 4. The van der Waals surface area contributed by atoms with Gasteiger partial charge in [-0.05, 0) is 76.2 Å². The number of benzene rings is 1. The number of aryl methyl sites for hydroxylation is 1. The molecule has 3 rings (SSSR count). The fourth-order valence-electron chi connectivity index (χ4n) is 5.77. The molecule has 1 saturated carbocycles. The summed E-state index contributed by atoms with van der Waals surface area (Å²) < 4.78 is 12.2. The molecule has 1 fully saturated rings. The van der Waals surface area contributed by atoms with Crippen LogP contribution in [-0.4, -0.2) is 28.9 Å². The number of fused-ring (bicyclic) bond motifs is 3. The molecule has 0 aromatic heterocycles. The van der Waals surface area contributed by atoms with Gasteiger partial charge in [0.1, 0.15) is 17.5 Å². The lowest BCUT2D eigenvalue weighted by Crippen LogP contribution is -2.29. The normalized spacial score (nSPS) is 22.8. The molecule has 0 radical (unpaired) electrons. The summed E-state index contributed by atoms with van der Waals surface area (Å²) in [7, 11) is 0. The monoisotopic (exact) mass is 480 g/mol. The second-order valence-corrected chi connectivity index (χ2v) is 11.4. The van der Waals surface area contributed by atoms with Crippen molar-refractivity contribution in [3.05, 3.63) is 41.5 Å². The van der Waals surface area contributed by atoms with Gasteiger partial charge in [0, 0.05) is 24.3 Å². The van der Waals surface area contributed by atoms with Gasteiger partial charge in [0.05, 0.1) is 6.10 Å². The lowest BCUT2D eigenvalue weighted by atomic mass is 9.86. The van der Waals surface area contributed by atoms with Gasteiger partial charge in [0.25, 0.3) is 0 Å². The third-order valence-corrected chi connectivity index (χ3v) is 7.26. The van der Waals surface area contributed by atoms with Gasteiger partial charge >= 0.3 is 5.97 Å². The van der Waals surface area contributed by atoms with E-state index in [4.69, 9.17) is 9.47 Å². The Morgan fingerprint density at radius 3 is 2.77 bits per heavy atom. The van der Waals surface area contributed by atoms with Crippen LogP contribution in [0.25, 0.3) is 0 Å². The van der Waals surface area contributed by atoms with E-state index in [1.807, 2.05) is 33.8 Å². The molecule has 1 N–H and O–H groups in total. The van der Waals surface area contributed by atoms with Crippen LogP contribution in [0.1, 0.15) is 97.1 Å². The van der Waals surface area contributed by atoms with Gasteiger partial charge in [-0.15, -0.1) is 11.8 Å². The molecule has 192 valence electrons. The van der Waals surface area contributed by atoms with Gasteiger partial charge in [-0.25, -0.2) is 0 Å². The Morgan fingerprint density at radius 1 is 1.29 bits per heavy atom. The SMILES string of the molecule is CC#CCC(C)C(O)/C=C/C1CCC2Oc3c(CCCC(=O)OC(C)(C)CC(C)C)cccc3C12. The Kier molecular flexibility index (Phi) is 9.47. The topological polar surface area (TPSA) is 55.8 Å². The number of carbonyl (C=O) groups is 1. The number of rotatable bonds is 11. The first-order valence-corrected chi connectivity index (χ1v) is 13.4. The zero-order valence-electron chi connectivity index (χ0n) is 22.5. The van der Waals surface area contributed by atoms with Crippen molar-refractivity contribution in [1.29, 1.82) is 0 Å². The maximum absolute atomic E-state index is 12.4. The maximum atomic E-state index is 12.4. The van der Waals surface area contributed by atoms with Crippen LogP contribution in [0.2, 0.25) is 0 Å². The lowest BCUT2D eigenvalue weighted by molar-refractivity contribution is -0.157. The summed E-state index contributed by atoms with van der Waals surface area (Å²) in [4.78, 5) is 12.4. The van der Waals surface area contributed by atoms with E-state index in [1.165, 1.54) is 11.1 Å². The highest BCUT2D eigenvalue weighted by Crippen LogP contribution is 2.52. The summed E-state index contributed by atoms with van der Waals surface area (Å²) in [5.41, 5.74) is 2.04. The molecule has 0 spiro atoms. The Labute approximate surface area is 212 Å². The minimum atomic E-state index is -0.478. The van der Waals surface area contributed by atoms with E-state index in [1.54, 1.807) is 0 Å². The molecule has 1 heterocycles. The fraction of sp³-hybridized carbons (Fsp3) is 0.645. The summed E-state index contributed by atoms with van der Waals surface area (Å²) in [5.74, 6) is 8.18. The van der Waals surface area contributed by atoms with Crippen molar-refractivity contribution >= 4 is 5.97 Å². The predicted molar refractivity (Wildman–Crippen MR) is 141 cm³/mol. The first-order valence-electron chi connectivity index (χ1n) is 13.4. The van der Waals surface area contributed by atoms with Crippen LogP contribution >= 0.6 is 0 Å². The van der Waals surface area contributed by atoms with E-state index >= 15 is 0 Å². The van der Waals surface area contributed by atoms with Gasteiger partial charge < -0.3 is 14.6 Å². The quantitative estimate of drug-likeness (QED) is 0.220. The Balaban J connectivity index is 1.59. The first kappa shape index (κ1) is 27.3. The minimum absolute atomic E-state index is 0.121.